The number of anilines is 4. The lowest BCUT2D eigenvalue weighted by atomic mass is 10.2. The van der Waals surface area contributed by atoms with Crippen LogP contribution in [0.4, 0.5) is 23.1 Å². The highest BCUT2D eigenvalue weighted by atomic mass is 35.5. The molecule has 0 spiro atoms. The second-order valence-corrected chi connectivity index (χ2v) is 5.90. The van der Waals surface area contributed by atoms with E-state index in [-0.39, 0.29) is 5.91 Å². The number of hydrogen-bond acceptors (Lipinski definition) is 6. The third-order valence-corrected chi connectivity index (χ3v) is 3.78. The van der Waals surface area contributed by atoms with Gasteiger partial charge < -0.3 is 16.0 Å². The largest absolute Gasteiger partial charge is 0.349 e. The van der Waals surface area contributed by atoms with Crippen molar-refractivity contribution in [1.82, 2.24) is 15.2 Å². The van der Waals surface area contributed by atoms with Gasteiger partial charge in [-0.05, 0) is 29.8 Å². The van der Waals surface area contributed by atoms with Gasteiger partial charge in [0.25, 0.3) is 0 Å². The first-order valence-corrected chi connectivity index (χ1v) is 8.29. The number of carbonyl (C=O) groups is 1. The van der Waals surface area contributed by atoms with Gasteiger partial charge in [0.1, 0.15) is 0 Å². The molecule has 0 unspecified atom stereocenters. The Bertz CT molecular complexity index is 917. The Morgan fingerprint density at radius 1 is 1.12 bits per heavy atom. The summed E-state index contributed by atoms with van der Waals surface area (Å²) in [6.45, 7) is 1.95. The van der Waals surface area contributed by atoms with Crippen molar-refractivity contribution in [2.75, 3.05) is 16.0 Å². The van der Waals surface area contributed by atoms with Crippen LogP contribution >= 0.6 is 11.6 Å². The van der Waals surface area contributed by atoms with Gasteiger partial charge in [0, 0.05) is 29.9 Å². The zero-order valence-corrected chi connectivity index (χ0v) is 14.8. The van der Waals surface area contributed by atoms with Crippen LogP contribution in [-0.2, 0) is 11.3 Å². The molecular weight excluding hydrogens is 352 g/mol. The van der Waals surface area contributed by atoms with E-state index >= 15 is 0 Å². The summed E-state index contributed by atoms with van der Waals surface area (Å²) in [4.78, 5) is 15.5. The van der Waals surface area contributed by atoms with Gasteiger partial charge in [-0.25, -0.2) is 0 Å². The fraction of sp³-hybridized carbons (Fsp3) is 0.111. The third kappa shape index (κ3) is 4.90. The molecular formula is C18H17ClN6O. The van der Waals surface area contributed by atoms with E-state index in [1.54, 1.807) is 12.1 Å². The average Bonchev–Trinajstić information content (AvgIpc) is 2.61. The molecule has 3 rings (SSSR count). The molecule has 7 nitrogen and oxygen atoms in total. The fourth-order valence-corrected chi connectivity index (χ4v) is 2.48. The van der Waals surface area contributed by atoms with E-state index in [1.165, 1.54) is 13.1 Å². The maximum Gasteiger partial charge on any atom is 0.244 e. The van der Waals surface area contributed by atoms with Crippen LogP contribution < -0.4 is 16.0 Å². The second kappa shape index (κ2) is 8.26. The summed E-state index contributed by atoms with van der Waals surface area (Å²) < 4.78 is 0. The van der Waals surface area contributed by atoms with Crippen LogP contribution in [-0.4, -0.2) is 21.1 Å². The first kappa shape index (κ1) is 17.6. The van der Waals surface area contributed by atoms with Crippen LogP contribution in [0.2, 0.25) is 5.02 Å². The van der Waals surface area contributed by atoms with Gasteiger partial charge in [-0.2, -0.15) is 10.1 Å². The number of aromatic nitrogens is 3. The molecule has 26 heavy (non-hydrogen) atoms. The number of amides is 1. The van der Waals surface area contributed by atoms with Gasteiger partial charge in [-0.1, -0.05) is 35.9 Å². The quantitative estimate of drug-likeness (QED) is 0.612. The molecule has 0 radical (unpaired) electrons. The minimum atomic E-state index is -0.128. The van der Waals surface area contributed by atoms with Gasteiger partial charge >= 0.3 is 0 Å². The molecule has 3 N–H and O–H groups in total. The summed E-state index contributed by atoms with van der Waals surface area (Å²) in [7, 11) is 0. The topological polar surface area (TPSA) is 91.8 Å². The van der Waals surface area contributed by atoms with Crippen molar-refractivity contribution < 1.29 is 4.79 Å². The second-order valence-electron chi connectivity index (χ2n) is 5.50. The van der Waals surface area contributed by atoms with Gasteiger partial charge in [-0.3, -0.25) is 4.79 Å². The first-order chi connectivity index (χ1) is 12.6. The number of halogens is 1. The third-order valence-electron chi connectivity index (χ3n) is 3.41. The Labute approximate surface area is 155 Å². The zero-order valence-electron chi connectivity index (χ0n) is 14.0. The summed E-state index contributed by atoms with van der Waals surface area (Å²) in [6, 6.07) is 14.9. The van der Waals surface area contributed by atoms with Crippen molar-refractivity contribution in [3.8, 4) is 0 Å². The molecule has 1 aromatic heterocycles. The molecule has 0 saturated carbocycles. The van der Waals surface area contributed by atoms with Gasteiger partial charge in [0.15, 0.2) is 5.82 Å². The maximum atomic E-state index is 11.2. The van der Waals surface area contributed by atoms with Crippen molar-refractivity contribution in [3.05, 3.63) is 65.3 Å². The molecule has 0 aliphatic heterocycles. The lowest BCUT2D eigenvalue weighted by molar-refractivity contribution is -0.114. The number of rotatable bonds is 6. The zero-order chi connectivity index (χ0) is 18.4. The number of benzene rings is 2. The molecule has 3 aromatic rings. The summed E-state index contributed by atoms with van der Waals surface area (Å²) in [5.41, 5.74) is 2.41. The van der Waals surface area contributed by atoms with E-state index in [1.807, 2.05) is 36.4 Å². The Morgan fingerprint density at radius 3 is 2.73 bits per heavy atom. The van der Waals surface area contributed by atoms with Gasteiger partial charge in [-0.15, -0.1) is 5.10 Å². The molecule has 0 aliphatic rings. The van der Waals surface area contributed by atoms with E-state index in [2.05, 4.69) is 31.1 Å². The van der Waals surface area contributed by atoms with Crippen LogP contribution in [0.3, 0.4) is 0 Å². The van der Waals surface area contributed by atoms with Crippen molar-refractivity contribution in [1.29, 1.82) is 0 Å². The van der Waals surface area contributed by atoms with E-state index in [4.69, 9.17) is 11.6 Å². The van der Waals surface area contributed by atoms with Gasteiger partial charge in [0.2, 0.25) is 11.9 Å². The number of hydrogen-bond donors (Lipinski definition) is 3. The van der Waals surface area contributed by atoms with Crippen LogP contribution in [0, 0.1) is 0 Å². The Hall–Kier alpha value is -3.19. The lowest BCUT2D eigenvalue weighted by Crippen LogP contribution is -2.07. The predicted octanol–water partition coefficient (Wildman–Crippen LogP) is 3.84. The molecule has 2 aromatic carbocycles. The first-order valence-electron chi connectivity index (χ1n) is 7.92. The van der Waals surface area contributed by atoms with E-state index in [0.717, 1.165) is 11.3 Å². The van der Waals surface area contributed by atoms with Crippen molar-refractivity contribution in [2.45, 2.75) is 13.5 Å². The fourth-order valence-electron chi connectivity index (χ4n) is 2.28. The minimum absolute atomic E-state index is 0.128. The average molecular weight is 369 g/mol. The molecule has 0 aliphatic carbocycles. The van der Waals surface area contributed by atoms with E-state index in [0.29, 0.717) is 29.0 Å². The summed E-state index contributed by atoms with van der Waals surface area (Å²) in [5.74, 6) is 0.784. The van der Waals surface area contributed by atoms with Gasteiger partial charge in [0.05, 0.1) is 6.20 Å². The molecule has 132 valence electrons. The van der Waals surface area contributed by atoms with Crippen LogP contribution in [0.1, 0.15) is 12.5 Å². The highest BCUT2D eigenvalue weighted by Crippen LogP contribution is 2.19. The van der Waals surface area contributed by atoms with E-state index in [9.17, 15) is 4.79 Å². The maximum absolute atomic E-state index is 11.2. The molecule has 1 heterocycles. The highest BCUT2D eigenvalue weighted by Gasteiger charge is 2.04. The standard InChI is InChI=1S/C18H17ClN6O/c1-12(26)22-14-6-4-7-15(9-14)23-17-11-21-25-18(24-17)20-10-13-5-2-3-8-16(13)19/h2-9,11H,10H2,1H3,(H,22,26)(H2,20,23,24,25). The smallest absolute Gasteiger partial charge is 0.244 e. The SMILES string of the molecule is CC(=O)Nc1cccc(Nc2cnnc(NCc3ccccc3Cl)n2)c1. The Kier molecular flexibility index (Phi) is 5.60. The lowest BCUT2D eigenvalue weighted by Gasteiger charge is -2.09. The van der Waals surface area contributed by atoms with Crippen molar-refractivity contribution >= 4 is 40.6 Å². The predicted molar refractivity (Wildman–Crippen MR) is 103 cm³/mol. The van der Waals surface area contributed by atoms with Crippen LogP contribution in [0.5, 0.6) is 0 Å². The van der Waals surface area contributed by atoms with Crippen LogP contribution in [0.25, 0.3) is 0 Å². The monoisotopic (exact) mass is 368 g/mol. The molecule has 0 fully saturated rings. The van der Waals surface area contributed by atoms with E-state index < -0.39 is 0 Å². The molecule has 8 heteroatoms. The molecule has 0 bridgehead atoms. The highest BCUT2D eigenvalue weighted by molar-refractivity contribution is 6.31. The summed E-state index contributed by atoms with van der Waals surface area (Å²) in [5, 5.41) is 17.6. The number of carbonyl (C=O) groups excluding carboxylic acids is 1. The summed E-state index contributed by atoms with van der Waals surface area (Å²) >= 11 is 6.14. The summed E-state index contributed by atoms with van der Waals surface area (Å²) in [6.07, 6.45) is 1.52. The minimum Gasteiger partial charge on any atom is -0.349 e. The van der Waals surface area contributed by atoms with Crippen molar-refractivity contribution in [3.63, 3.8) is 0 Å². The van der Waals surface area contributed by atoms with Crippen LogP contribution in [0.15, 0.2) is 54.7 Å². The molecule has 1 amide bonds. The molecule has 0 atom stereocenters. The Morgan fingerprint density at radius 2 is 1.92 bits per heavy atom. The Balaban J connectivity index is 1.67. The molecule has 0 saturated heterocycles. The number of nitrogens with one attached hydrogen (secondary N) is 3. The van der Waals surface area contributed by atoms with Crippen molar-refractivity contribution in [2.24, 2.45) is 0 Å². The normalized spacial score (nSPS) is 10.2. The number of nitrogens with zero attached hydrogens (tertiary/aromatic N) is 3.